The number of anilines is 2. The number of hydrogen-bond acceptors (Lipinski definition) is 6. The van der Waals surface area contributed by atoms with E-state index in [-0.39, 0.29) is 23.3 Å². The van der Waals surface area contributed by atoms with Gasteiger partial charge in [-0.2, -0.15) is 0 Å². The van der Waals surface area contributed by atoms with Crippen LogP contribution in [0.2, 0.25) is 0 Å². The Kier molecular flexibility index (Phi) is 10.3. The maximum atomic E-state index is 14.1. The Bertz CT molecular complexity index is 1340. The number of rotatable bonds is 12. The van der Waals surface area contributed by atoms with Crippen molar-refractivity contribution in [3.05, 3.63) is 89.2 Å². The maximum Gasteiger partial charge on any atom is 0.256 e. The second-order valence-electron chi connectivity index (χ2n) is 9.92. The van der Waals surface area contributed by atoms with E-state index in [0.717, 1.165) is 50.5 Å². The minimum atomic E-state index is -0.285. The van der Waals surface area contributed by atoms with Crippen LogP contribution in [-0.2, 0) is 11.3 Å². The lowest BCUT2D eigenvalue weighted by atomic mass is 10.1. The zero-order chi connectivity index (χ0) is 29.2. The largest absolute Gasteiger partial charge is 0.497 e. The number of methoxy groups -OCH3 is 1. The van der Waals surface area contributed by atoms with Crippen molar-refractivity contribution in [3.8, 4) is 5.75 Å². The SMILES string of the molecule is COc1ccc(CN(C)C(=O)c2ccc(C(=O)NCCCN3CCN(c4ccccc4F)CC3)cc2NC=O)cc1. The second-order valence-corrected chi connectivity index (χ2v) is 9.92. The molecular formula is C31H36FN5O4. The molecule has 0 aliphatic carbocycles. The zero-order valence-electron chi connectivity index (χ0n) is 23.4. The fourth-order valence-electron chi connectivity index (χ4n) is 4.86. The summed E-state index contributed by atoms with van der Waals surface area (Å²) in [7, 11) is 3.27. The first-order valence-electron chi connectivity index (χ1n) is 13.6. The van der Waals surface area contributed by atoms with Gasteiger partial charge in [0, 0.05) is 51.9 Å². The number of carbonyl (C=O) groups is 3. The number of benzene rings is 3. The molecule has 1 saturated heterocycles. The molecule has 9 nitrogen and oxygen atoms in total. The summed E-state index contributed by atoms with van der Waals surface area (Å²) in [6, 6.07) is 18.9. The first-order chi connectivity index (χ1) is 19.9. The molecular weight excluding hydrogens is 525 g/mol. The number of para-hydroxylation sites is 1. The van der Waals surface area contributed by atoms with Crippen LogP contribution in [0.4, 0.5) is 15.8 Å². The molecule has 3 amide bonds. The summed E-state index contributed by atoms with van der Waals surface area (Å²) in [5.41, 5.74) is 2.47. The van der Waals surface area contributed by atoms with Gasteiger partial charge in [0.05, 0.1) is 24.0 Å². The number of carbonyl (C=O) groups excluding carboxylic acids is 3. The highest BCUT2D eigenvalue weighted by Gasteiger charge is 2.20. The van der Waals surface area contributed by atoms with Gasteiger partial charge in [-0.15, -0.1) is 0 Å². The molecule has 0 atom stereocenters. The standard InChI is InChI=1S/C31H36FN5O4/c1-35(21-23-8-11-25(41-2)12-9-23)31(40)26-13-10-24(20-28(26)34-22-38)30(39)33-14-5-15-36-16-18-37(19-17-36)29-7-4-3-6-27(29)32/h3-4,6-13,20,22H,5,14-19,21H2,1-2H3,(H,33,39)(H,34,38). The summed E-state index contributed by atoms with van der Waals surface area (Å²) in [4.78, 5) is 43.1. The van der Waals surface area contributed by atoms with Gasteiger partial charge in [0.1, 0.15) is 11.6 Å². The fraction of sp³-hybridized carbons (Fsp3) is 0.323. The van der Waals surface area contributed by atoms with E-state index >= 15 is 0 Å². The predicted molar refractivity (Wildman–Crippen MR) is 157 cm³/mol. The predicted octanol–water partition coefficient (Wildman–Crippen LogP) is 3.62. The van der Waals surface area contributed by atoms with E-state index in [9.17, 15) is 18.8 Å². The van der Waals surface area contributed by atoms with E-state index in [0.29, 0.717) is 36.3 Å². The average molecular weight is 562 g/mol. The molecule has 1 aliphatic heterocycles. The van der Waals surface area contributed by atoms with Crippen molar-refractivity contribution in [2.24, 2.45) is 0 Å². The maximum absolute atomic E-state index is 14.1. The molecule has 0 radical (unpaired) electrons. The van der Waals surface area contributed by atoms with Crippen LogP contribution in [0.15, 0.2) is 66.7 Å². The van der Waals surface area contributed by atoms with Crippen LogP contribution in [0, 0.1) is 5.82 Å². The lowest BCUT2D eigenvalue weighted by Gasteiger charge is -2.36. The Balaban J connectivity index is 1.26. The van der Waals surface area contributed by atoms with Crippen LogP contribution < -0.4 is 20.3 Å². The highest BCUT2D eigenvalue weighted by Crippen LogP contribution is 2.22. The molecule has 0 unspecified atom stereocenters. The molecule has 3 aromatic rings. The highest BCUT2D eigenvalue weighted by atomic mass is 19.1. The van der Waals surface area contributed by atoms with Gasteiger partial charge in [0.15, 0.2) is 0 Å². The summed E-state index contributed by atoms with van der Waals surface area (Å²) in [6.45, 7) is 4.81. The molecule has 0 aromatic heterocycles. The Morgan fingerprint density at radius 2 is 1.76 bits per heavy atom. The first kappa shape index (κ1) is 29.5. The normalized spacial score (nSPS) is 13.4. The smallest absolute Gasteiger partial charge is 0.256 e. The van der Waals surface area contributed by atoms with E-state index in [1.54, 1.807) is 43.3 Å². The second kappa shape index (κ2) is 14.3. The summed E-state index contributed by atoms with van der Waals surface area (Å²) in [5, 5.41) is 5.47. The number of nitrogens with zero attached hydrogens (tertiary/aromatic N) is 3. The van der Waals surface area contributed by atoms with Crippen molar-refractivity contribution in [1.29, 1.82) is 0 Å². The van der Waals surface area contributed by atoms with Gasteiger partial charge in [-0.05, 0) is 61.0 Å². The molecule has 41 heavy (non-hydrogen) atoms. The molecule has 1 fully saturated rings. The molecule has 4 rings (SSSR count). The van der Waals surface area contributed by atoms with Crippen LogP contribution >= 0.6 is 0 Å². The van der Waals surface area contributed by atoms with Gasteiger partial charge >= 0.3 is 0 Å². The number of ether oxygens (including phenoxy) is 1. The van der Waals surface area contributed by atoms with Crippen molar-refractivity contribution < 1.29 is 23.5 Å². The van der Waals surface area contributed by atoms with Crippen molar-refractivity contribution >= 4 is 29.6 Å². The van der Waals surface area contributed by atoms with Crippen molar-refractivity contribution in [1.82, 2.24) is 15.1 Å². The van der Waals surface area contributed by atoms with Crippen LogP contribution in [-0.4, -0.2) is 81.5 Å². The number of piperazine rings is 1. The third kappa shape index (κ3) is 7.82. The molecule has 1 heterocycles. The fourth-order valence-corrected chi connectivity index (χ4v) is 4.86. The molecule has 0 saturated carbocycles. The highest BCUT2D eigenvalue weighted by molar-refractivity contribution is 6.04. The summed E-state index contributed by atoms with van der Waals surface area (Å²) < 4.78 is 19.2. The van der Waals surface area contributed by atoms with Crippen molar-refractivity contribution in [3.63, 3.8) is 0 Å². The van der Waals surface area contributed by atoms with Gasteiger partial charge in [0.2, 0.25) is 6.41 Å². The lowest BCUT2D eigenvalue weighted by molar-refractivity contribution is -0.105. The Labute approximate surface area is 239 Å². The number of halogens is 1. The van der Waals surface area contributed by atoms with Crippen molar-refractivity contribution in [2.45, 2.75) is 13.0 Å². The Morgan fingerprint density at radius 1 is 1.02 bits per heavy atom. The van der Waals surface area contributed by atoms with Crippen LogP contribution in [0.25, 0.3) is 0 Å². The van der Waals surface area contributed by atoms with Crippen LogP contribution in [0.5, 0.6) is 5.75 Å². The average Bonchev–Trinajstić information content (AvgIpc) is 3.00. The van der Waals surface area contributed by atoms with Gasteiger partial charge < -0.3 is 25.2 Å². The number of hydrogen-bond donors (Lipinski definition) is 2. The first-order valence-corrected chi connectivity index (χ1v) is 13.6. The topological polar surface area (TPSA) is 94.2 Å². The van der Waals surface area contributed by atoms with E-state index < -0.39 is 0 Å². The van der Waals surface area contributed by atoms with Crippen LogP contribution in [0.1, 0.15) is 32.7 Å². The van der Waals surface area contributed by atoms with E-state index in [1.165, 1.54) is 12.1 Å². The molecule has 216 valence electrons. The molecule has 0 bridgehead atoms. The molecule has 1 aliphatic rings. The summed E-state index contributed by atoms with van der Waals surface area (Å²) >= 11 is 0. The van der Waals surface area contributed by atoms with E-state index in [2.05, 4.69) is 20.4 Å². The number of nitrogens with one attached hydrogen (secondary N) is 2. The zero-order valence-corrected chi connectivity index (χ0v) is 23.4. The third-order valence-corrected chi connectivity index (χ3v) is 7.15. The quantitative estimate of drug-likeness (QED) is 0.259. The monoisotopic (exact) mass is 561 g/mol. The van der Waals surface area contributed by atoms with Gasteiger partial charge in [-0.1, -0.05) is 24.3 Å². The summed E-state index contributed by atoms with van der Waals surface area (Å²) in [6.07, 6.45) is 1.25. The molecule has 3 aromatic carbocycles. The third-order valence-electron chi connectivity index (χ3n) is 7.15. The van der Waals surface area contributed by atoms with Gasteiger partial charge in [0.25, 0.3) is 11.8 Å². The Morgan fingerprint density at radius 3 is 2.44 bits per heavy atom. The van der Waals surface area contributed by atoms with Crippen LogP contribution in [0.3, 0.4) is 0 Å². The van der Waals surface area contributed by atoms with Gasteiger partial charge in [-0.3, -0.25) is 19.3 Å². The Hall–Kier alpha value is -4.44. The minimum absolute atomic E-state index is 0.201. The molecule has 10 heteroatoms. The number of amides is 3. The van der Waals surface area contributed by atoms with E-state index in [4.69, 9.17) is 4.74 Å². The van der Waals surface area contributed by atoms with Crippen molar-refractivity contribution in [2.75, 3.05) is 63.6 Å². The van der Waals surface area contributed by atoms with E-state index in [1.807, 2.05) is 30.3 Å². The molecule has 2 N–H and O–H groups in total. The lowest BCUT2D eigenvalue weighted by Crippen LogP contribution is -2.47. The molecule has 0 spiro atoms. The van der Waals surface area contributed by atoms with Gasteiger partial charge in [-0.25, -0.2) is 4.39 Å². The minimum Gasteiger partial charge on any atom is -0.497 e. The summed E-state index contributed by atoms with van der Waals surface area (Å²) in [5.74, 6) is -0.0391.